The number of thioether (sulfide) groups is 1. The molecule has 0 aliphatic carbocycles. The lowest BCUT2D eigenvalue weighted by Gasteiger charge is -2.06. The van der Waals surface area contributed by atoms with Crippen molar-refractivity contribution in [3.8, 4) is 0 Å². The fourth-order valence-electron chi connectivity index (χ4n) is 0.911. The average molecular weight is 161 g/mol. The molecule has 0 amide bonds. The van der Waals surface area contributed by atoms with Crippen molar-refractivity contribution in [3.63, 3.8) is 0 Å². The predicted octanol–water partition coefficient (Wildman–Crippen LogP) is 0.512. The number of nitrogens with one attached hydrogen (secondary N) is 1. The molecule has 3 nitrogen and oxygen atoms in total. The van der Waals surface area contributed by atoms with Crippen molar-refractivity contribution in [1.29, 1.82) is 0 Å². The first-order valence-electron chi connectivity index (χ1n) is 3.34. The van der Waals surface area contributed by atoms with Gasteiger partial charge in [0, 0.05) is 5.75 Å². The molecule has 1 rings (SSSR count). The summed E-state index contributed by atoms with van der Waals surface area (Å²) >= 11 is 1.69. The minimum absolute atomic E-state index is 0.324. The summed E-state index contributed by atoms with van der Waals surface area (Å²) in [6.07, 6.45) is 0.994. The number of hydrogen-bond donors (Lipinski definition) is 2. The summed E-state index contributed by atoms with van der Waals surface area (Å²) < 4.78 is 0. The first kappa shape index (κ1) is 7.88. The van der Waals surface area contributed by atoms with Gasteiger partial charge in [-0.1, -0.05) is 6.92 Å². The number of carboxylic acids is 1. The van der Waals surface area contributed by atoms with Gasteiger partial charge in [0.1, 0.15) is 6.04 Å². The molecule has 0 spiro atoms. The van der Waals surface area contributed by atoms with E-state index in [0.29, 0.717) is 11.1 Å². The molecule has 1 fully saturated rings. The fraction of sp³-hybridized carbons (Fsp3) is 0.833. The molecule has 0 aromatic rings. The third-order valence-electron chi connectivity index (χ3n) is 1.52. The number of carbonyl (C=O) groups is 1. The van der Waals surface area contributed by atoms with Gasteiger partial charge in [0.2, 0.25) is 0 Å². The molecule has 1 heterocycles. The number of rotatable bonds is 2. The van der Waals surface area contributed by atoms with Crippen LogP contribution in [0, 0.1) is 0 Å². The van der Waals surface area contributed by atoms with Gasteiger partial charge in [0.15, 0.2) is 0 Å². The maximum Gasteiger partial charge on any atom is 0.321 e. The molecule has 2 atom stereocenters. The summed E-state index contributed by atoms with van der Waals surface area (Å²) in [4.78, 5) is 10.4. The van der Waals surface area contributed by atoms with Gasteiger partial charge in [-0.25, -0.2) is 0 Å². The molecular formula is C6H11NO2S. The molecule has 0 aromatic heterocycles. The Morgan fingerprint density at radius 2 is 2.60 bits per heavy atom. The largest absolute Gasteiger partial charge is 0.480 e. The van der Waals surface area contributed by atoms with E-state index in [-0.39, 0.29) is 6.04 Å². The van der Waals surface area contributed by atoms with E-state index in [1.165, 1.54) is 0 Å². The Balaban J connectivity index is 2.35. The van der Waals surface area contributed by atoms with Gasteiger partial charge in [-0.3, -0.25) is 10.1 Å². The van der Waals surface area contributed by atoms with E-state index in [4.69, 9.17) is 5.11 Å². The van der Waals surface area contributed by atoms with Crippen LogP contribution in [0.2, 0.25) is 0 Å². The van der Waals surface area contributed by atoms with E-state index < -0.39 is 5.97 Å². The van der Waals surface area contributed by atoms with E-state index in [1.807, 2.05) is 0 Å². The van der Waals surface area contributed by atoms with Crippen LogP contribution in [0.4, 0.5) is 0 Å². The molecule has 1 aliphatic rings. The van der Waals surface area contributed by atoms with Gasteiger partial charge in [-0.2, -0.15) is 0 Å². The fourth-order valence-corrected chi connectivity index (χ4v) is 2.07. The zero-order chi connectivity index (χ0) is 7.56. The number of aliphatic carboxylic acids is 1. The summed E-state index contributed by atoms with van der Waals surface area (Å²) in [6.45, 7) is 2.05. The molecule has 0 bridgehead atoms. The molecule has 10 heavy (non-hydrogen) atoms. The molecule has 1 aliphatic heterocycles. The summed E-state index contributed by atoms with van der Waals surface area (Å²) in [5.41, 5.74) is 0. The molecule has 0 unspecified atom stereocenters. The minimum atomic E-state index is -0.733. The molecule has 58 valence electrons. The van der Waals surface area contributed by atoms with E-state index in [9.17, 15) is 4.79 Å². The van der Waals surface area contributed by atoms with Crippen LogP contribution in [-0.2, 0) is 4.79 Å². The van der Waals surface area contributed by atoms with Crippen molar-refractivity contribution in [2.24, 2.45) is 0 Å². The first-order valence-corrected chi connectivity index (χ1v) is 4.39. The second kappa shape index (κ2) is 3.25. The Morgan fingerprint density at radius 1 is 1.90 bits per heavy atom. The molecule has 1 saturated heterocycles. The second-order valence-corrected chi connectivity index (χ2v) is 3.52. The van der Waals surface area contributed by atoms with E-state index >= 15 is 0 Å². The van der Waals surface area contributed by atoms with Crippen LogP contribution in [0.25, 0.3) is 0 Å². The second-order valence-electron chi connectivity index (χ2n) is 2.29. The van der Waals surface area contributed by atoms with Crippen LogP contribution in [0.1, 0.15) is 13.3 Å². The van der Waals surface area contributed by atoms with Crippen LogP contribution in [0.3, 0.4) is 0 Å². The van der Waals surface area contributed by atoms with Crippen molar-refractivity contribution in [1.82, 2.24) is 5.32 Å². The smallest absolute Gasteiger partial charge is 0.321 e. The number of hydrogen-bond acceptors (Lipinski definition) is 3. The molecule has 0 aromatic carbocycles. The predicted molar refractivity (Wildman–Crippen MR) is 41.1 cm³/mol. The van der Waals surface area contributed by atoms with Gasteiger partial charge >= 0.3 is 5.97 Å². The Bertz CT molecular complexity index is 140. The summed E-state index contributed by atoms with van der Waals surface area (Å²) in [5.74, 6) is -0.0307. The van der Waals surface area contributed by atoms with E-state index in [2.05, 4.69) is 12.2 Å². The van der Waals surface area contributed by atoms with E-state index in [0.717, 1.165) is 6.42 Å². The van der Waals surface area contributed by atoms with Gasteiger partial charge < -0.3 is 5.11 Å². The Morgan fingerprint density at radius 3 is 2.90 bits per heavy atom. The summed E-state index contributed by atoms with van der Waals surface area (Å²) in [5, 5.41) is 11.9. The topological polar surface area (TPSA) is 49.3 Å². The summed E-state index contributed by atoms with van der Waals surface area (Å²) in [7, 11) is 0. The maximum absolute atomic E-state index is 10.4. The molecule has 0 saturated carbocycles. The van der Waals surface area contributed by atoms with Crippen LogP contribution < -0.4 is 5.32 Å². The highest BCUT2D eigenvalue weighted by atomic mass is 32.2. The lowest BCUT2D eigenvalue weighted by Crippen LogP contribution is -2.36. The Labute approximate surface area is 64.2 Å². The highest BCUT2D eigenvalue weighted by Crippen LogP contribution is 2.20. The lowest BCUT2D eigenvalue weighted by molar-refractivity contribution is -0.138. The van der Waals surface area contributed by atoms with Gasteiger partial charge in [0.25, 0.3) is 0 Å². The van der Waals surface area contributed by atoms with Crippen LogP contribution in [0.5, 0.6) is 0 Å². The highest BCUT2D eigenvalue weighted by molar-refractivity contribution is 8.00. The average Bonchev–Trinajstić information content (AvgIpc) is 2.34. The molecule has 2 N–H and O–H groups in total. The van der Waals surface area contributed by atoms with Crippen molar-refractivity contribution in [2.45, 2.75) is 24.8 Å². The third-order valence-corrected chi connectivity index (χ3v) is 2.92. The zero-order valence-corrected chi connectivity index (χ0v) is 6.65. The minimum Gasteiger partial charge on any atom is -0.480 e. The number of carboxylic acid groups (broad SMARTS) is 1. The van der Waals surface area contributed by atoms with Crippen LogP contribution in [-0.4, -0.2) is 28.2 Å². The monoisotopic (exact) mass is 161 g/mol. The zero-order valence-electron chi connectivity index (χ0n) is 5.83. The molecule has 4 heteroatoms. The summed E-state index contributed by atoms with van der Waals surface area (Å²) in [6, 6.07) is -0.324. The van der Waals surface area contributed by atoms with Crippen molar-refractivity contribution in [3.05, 3.63) is 0 Å². The van der Waals surface area contributed by atoms with Gasteiger partial charge in [0.05, 0.1) is 5.37 Å². The Hall–Kier alpha value is -0.220. The third kappa shape index (κ3) is 1.64. The van der Waals surface area contributed by atoms with Crippen LogP contribution >= 0.6 is 11.8 Å². The normalized spacial score (nSPS) is 32.5. The quantitative estimate of drug-likeness (QED) is 0.619. The van der Waals surface area contributed by atoms with Crippen LogP contribution in [0.15, 0.2) is 0 Å². The van der Waals surface area contributed by atoms with E-state index in [1.54, 1.807) is 11.8 Å². The maximum atomic E-state index is 10.4. The SMILES string of the molecule is CC[C@@H]1N[C@@H](C(=O)O)CS1. The standard InChI is InChI=1S/C6H11NO2S/c1-2-5-7-4(3-10-5)6(8)9/h4-5,7H,2-3H2,1H3,(H,8,9)/t4-,5-/m1/s1. The lowest BCUT2D eigenvalue weighted by atomic mass is 10.3. The van der Waals surface area contributed by atoms with Gasteiger partial charge in [-0.05, 0) is 6.42 Å². The highest BCUT2D eigenvalue weighted by Gasteiger charge is 2.27. The van der Waals surface area contributed by atoms with Gasteiger partial charge in [-0.15, -0.1) is 11.8 Å². The first-order chi connectivity index (χ1) is 4.74. The van der Waals surface area contributed by atoms with Crippen molar-refractivity contribution < 1.29 is 9.90 Å². The van der Waals surface area contributed by atoms with Crippen molar-refractivity contribution in [2.75, 3.05) is 5.75 Å². The van der Waals surface area contributed by atoms with Crippen molar-refractivity contribution >= 4 is 17.7 Å². The Kier molecular flexibility index (Phi) is 2.56. The molecule has 0 radical (unpaired) electrons. The molecular weight excluding hydrogens is 150 g/mol.